The van der Waals surface area contributed by atoms with Gasteiger partial charge in [-0.3, -0.25) is 4.79 Å². The first-order valence-electron chi connectivity index (χ1n) is 6.21. The Hall–Kier alpha value is -2.40. The standard InChI is InChI=1S/C17H15NO/c1-17(13-18,12-14-8-4-2-5-9-14)16(19)15-10-6-3-7-11-15/h2-11H,12H2,1H3. The zero-order valence-electron chi connectivity index (χ0n) is 10.8. The summed E-state index contributed by atoms with van der Waals surface area (Å²) in [7, 11) is 0. The van der Waals surface area contributed by atoms with Crippen LogP contribution in [0.3, 0.4) is 0 Å². The summed E-state index contributed by atoms with van der Waals surface area (Å²) in [6, 6.07) is 20.8. The second kappa shape index (κ2) is 5.49. The van der Waals surface area contributed by atoms with Crippen LogP contribution in [-0.2, 0) is 6.42 Å². The van der Waals surface area contributed by atoms with Gasteiger partial charge in [0.2, 0.25) is 0 Å². The van der Waals surface area contributed by atoms with E-state index < -0.39 is 5.41 Å². The summed E-state index contributed by atoms with van der Waals surface area (Å²) < 4.78 is 0. The van der Waals surface area contributed by atoms with Crippen molar-refractivity contribution in [3.05, 3.63) is 71.8 Å². The largest absolute Gasteiger partial charge is 0.292 e. The lowest BCUT2D eigenvalue weighted by Crippen LogP contribution is -2.28. The highest BCUT2D eigenvalue weighted by atomic mass is 16.1. The van der Waals surface area contributed by atoms with Gasteiger partial charge in [-0.25, -0.2) is 0 Å². The summed E-state index contributed by atoms with van der Waals surface area (Å²) in [5.74, 6) is -0.126. The van der Waals surface area contributed by atoms with Gasteiger partial charge in [0.05, 0.1) is 6.07 Å². The van der Waals surface area contributed by atoms with Crippen LogP contribution in [0.5, 0.6) is 0 Å². The highest BCUT2D eigenvalue weighted by Gasteiger charge is 2.34. The Bertz CT molecular complexity index is 598. The average molecular weight is 249 g/mol. The quantitative estimate of drug-likeness (QED) is 0.776. The van der Waals surface area contributed by atoms with Gasteiger partial charge in [-0.05, 0) is 18.9 Å². The highest BCUT2D eigenvalue weighted by molar-refractivity contribution is 6.02. The molecule has 2 rings (SSSR count). The van der Waals surface area contributed by atoms with E-state index >= 15 is 0 Å². The third-order valence-electron chi connectivity index (χ3n) is 3.18. The maximum atomic E-state index is 12.5. The fourth-order valence-corrected chi connectivity index (χ4v) is 2.08. The van der Waals surface area contributed by atoms with Gasteiger partial charge >= 0.3 is 0 Å². The molecule has 1 atom stereocenters. The molecule has 0 saturated carbocycles. The van der Waals surface area contributed by atoms with Crippen LogP contribution in [0.25, 0.3) is 0 Å². The molecule has 2 heteroatoms. The van der Waals surface area contributed by atoms with Gasteiger partial charge < -0.3 is 0 Å². The van der Waals surface area contributed by atoms with E-state index in [0.29, 0.717) is 12.0 Å². The monoisotopic (exact) mass is 249 g/mol. The van der Waals surface area contributed by atoms with Crippen molar-refractivity contribution in [2.45, 2.75) is 13.3 Å². The number of Topliss-reactive ketones (excluding diaryl/α,β-unsaturated/α-hetero) is 1. The Labute approximate surface area is 113 Å². The minimum Gasteiger partial charge on any atom is -0.292 e. The minimum atomic E-state index is -1.03. The zero-order chi connectivity index (χ0) is 13.7. The molecule has 0 aromatic heterocycles. The SMILES string of the molecule is CC(C#N)(Cc1ccccc1)C(=O)c1ccccc1. The van der Waals surface area contributed by atoms with E-state index in [9.17, 15) is 10.1 Å². The van der Waals surface area contributed by atoms with E-state index in [2.05, 4.69) is 6.07 Å². The van der Waals surface area contributed by atoms with E-state index in [4.69, 9.17) is 0 Å². The number of ketones is 1. The third kappa shape index (κ3) is 2.89. The second-order valence-electron chi connectivity index (χ2n) is 4.80. The number of hydrogen-bond donors (Lipinski definition) is 0. The molecular formula is C17H15NO. The summed E-state index contributed by atoms with van der Waals surface area (Å²) >= 11 is 0. The lowest BCUT2D eigenvalue weighted by molar-refractivity contribution is 0.0876. The molecule has 2 aromatic carbocycles. The maximum absolute atomic E-state index is 12.5. The van der Waals surface area contributed by atoms with E-state index in [0.717, 1.165) is 5.56 Å². The van der Waals surface area contributed by atoms with Crippen molar-refractivity contribution < 1.29 is 4.79 Å². The van der Waals surface area contributed by atoms with Crippen molar-refractivity contribution in [1.29, 1.82) is 5.26 Å². The lowest BCUT2D eigenvalue weighted by atomic mass is 9.78. The van der Waals surface area contributed by atoms with Crippen molar-refractivity contribution in [3.63, 3.8) is 0 Å². The molecular weight excluding hydrogens is 234 g/mol. The Kier molecular flexibility index (Phi) is 3.77. The van der Waals surface area contributed by atoms with E-state index in [1.54, 1.807) is 19.1 Å². The van der Waals surface area contributed by atoms with Gasteiger partial charge in [-0.2, -0.15) is 5.26 Å². The Balaban J connectivity index is 2.29. The number of nitrogens with zero attached hydrogens (tertiary/aromatic N) is 1. The van der Waals surface area contributed by atoms with Crippen molar-refractivity contribution in [2.24, 2.45) is 5.41 Å². The summed E-state index contributed by atoms with van der Waals surface area (Å²) in [5.41, 5.74) is 0.557. The number of rotatable bonds is 4. The smallest absolute Gasteiger partial charge is 0.183 e. The van der Waals surface area contributed by atoms with Gasteiger partial charge in [0, 0.05) is 5.56 Å². The predicted octanol–water partition coefficient (Wildman–Crippen LogP) is 3.64. The summed E-state index contributed by atoms with van der Waals surface area (Å²) in [6.45, 7) is 1.70. The number of carbonyl (C=O) groups is 1. The van der Waals surface area contributed by atoms with Crippen LogP contribution in [0, 0.1) is 16.7 Å². The van der Waals surface area contributed by atoms with Gasteiger partial charge in [-0.15, -0.1) is 0 Å². The molecule has 19 heavy (non-hydrogen) atoms. The van der Waals surface area contributed by atoms with Crippen LogP contribution in [0.1, 0.15) is 22.8 Å². The fraction of sp³-hybridized carbons (Fsp3) is 0.176. The molecule has 0 amide bonds. The van der Waals surface area contributed by atoms with Crippen molar-refractivity contribution in [3.8, 4) is 6.07 Å². The first kappa shape index (κ1) is 13.0. The van der Waals surface area contributed by atoms with Crippen LogP contribution < -0.4 is 0 Å². The van der Waals surface area contributed by atoms with Crippen molar-refractivity contribution in [2.75, 3.05) is 0 Å². The predicted molar refractivity (Wildman–Crippen MR) is 74.6 cm³/mol. The van der Waals surface area contributed by atoms with Gasteiger partial charge in [-0.1, -0.05) is 60.7 Å². The van der Waals surface area contributed by atoms with Crippen LogP contribution >= 0.6 is 0 Å². The Morgan fingerprint density at radius 3 is 2.11 bits per heavy atom. The summed E-state index contributed by atoms with van der Waals surface area (Å²) in [6.07, 6.45) is 0.429. The number of benzene rings is 2. The molecule has 2 nitrogen and oxygen atoms in total. The number of nitriles is 1. The second-order valence-corrected chi connectivity index (χ2v) is 4.80. The fourth-order valence-electron chi connectivity index (χ4n) is 2.08. The zero-order valence-corrected chi connectivity index (χ0v) is 10.8. The molecule has 94 valence electrons. The molecule has 0 aliphatic carbocycles. The molecule has 0 spiro atoms. The minimum absolute atomic E-state index is 0.126. The molecule has 0 aliphatic rings. The summed E-state index contributed by atoms with van der Waals surface area (Å²) in [4.78, 5) is 12.5. The van der Waals surface area contributed by atoms with Gasteiger partial charge in [0.15, 0.2) is 5.78 Å². The number of hydrogen-bond acceptors (Lipinski definition) is 2. The molecule has 0 fully saturated rings. The topological polar surface area (TPSA) is 40.9 Å². The Morgan fingerprint density at radius 1 is 1.05 bits per heavy atom. The molecule has 0 bridgehead atoms. The molecule has 0 saturated heterocycles. The highest BCUT2D eigenvalue weighted by Crippen LogP contribution is 2.26. The van der Waals surface area contributed by atoms with Crippen LogP contribution in [0.15, 0.2) is 60.7 Å². The van der Waals surface area contributed by atoms with Gasteiger partial charge in [0.25, 0.3) is 0 Å². The third-order valence-corrected chi connectivity index (χ3v) is 3.18. The first-order valence-corrected chi connectivity index (χ1v) is 6.21. The van der Waals surface area contributed by atoms with Crippen molar-refractivity contribution in [1.82, 2.24) is 0 Å². The van der Waals surface area contributed by atoms with E-state index in [1.807, 2.05) is 48.5 Å². The van der Waals surface area contributed by atoms with Crippen LogP contribution in [0.2, 0.25) is 0 Å². The van der Waals surface area contributed by atoms with Crippen LogP contribution in [0.4, 0.5) is 0 Å². The van der Waals surface area contributed by atoms with Crippen LogP contribution in [-0.4, -0.2) is 5.78 Å². The van der Waals surface area contributed by atoms with Gasteiger partial charge in [0.1, 0.15) is 5.41 Å². The molecule has 0 heterocycles. The molecule has 1 unspecified atom stereocenters. The molecule has 2 aromatic rings. The lowest BCUT2D eigenvalue weighted by Gasteiger charge is -2.20. The molecule has 0 N–H and O–H groups in total. The molecule has 0 aliphatic heterocycles. The van der Waals surface area contributed by atoms with E-state index in [-0.39, 0.29) is 5.78 Å². The number of carbonyl (C=O) groups excluding carboxylic acids is 1. The normalized spacial score (nSPS) is 13.3. The average Bonchev–Trinajstić information content (AvgIpc) is 2.48. The van der Waals surface area contributed by atoms with E-state index in [1.165, 1.54) is 0 Å². The maximum Gasteiger partial charge on any atom is 0.183 e. The Morgan fingerprint density at radius 2 is 1.58 bits per heavy atom. The molecule has 0 radical (unpaired) electrons. The first-order chi connectivity index (χ1) is 9.15. The summed E-state index contributed by atoms with van der Waals surface area (Å²) in [5, 5.41) is 9.41. The van der Waals surface area contributed by atoms with Crippen molar-refractivity contribution >= 4 is 5.78 Å².